The van der Waals surface area contributed by atoms with E-state index < -0.39 is 0 Å². The average Bonchev–Trinajstić information content (AvgIpc) is 2.82. The van der Waals surface area contributed by atoms with Crippen molar-refractivity contribution in [3.63, 3.8) is 0 Å². The highest BCUT2D eigenvalue weighted by Gasteiger charge is 2.40. The highest BCUT2D eigenvalue weighted by Crippen LogP contribution is 2.32. The number of hydrogen-bond donors (Lipinski definition) is 2. The van der Waals surface area contributed by atoms with Crippen LogP contribution in [0.2, 0.25) is 0 Å². The summed E-state index contributed by atoms with van der Waals surface area (Å²) in [6.07, 6.45) is 6.38. The molecule has 0 radical (unpaired) electrons. The number of nitrogens with one attached hydrogen (secondary N) is 2. The highest BCUT2D eigenvalue weighted by molar-refractivity contribution is 5.96. The van der Waals surface area contributed by atoms with E-state index in [1.807, 2.05) is 13.0 Å². The van der Waals surface area contributed by atoms with Gasteiger partial charge in [-0.15, -0.1) is 0 Å². The number of hydrogen-bond acceptors (Lipinski definition) is 3. The second-order valence-electron chi connectivity index (χ2n) is 5.10. The van der Waals surface area contributed by atoms with Gasteiger partial charge in [0.1, 0.15) is 0 Å². The van der Waals surface area contributed by atoms with Crippen molar-refractivity contribution in [2.45, 2.75) is 33.1 Å². The number of aryl methyl sites for hydroxylation is 1. The molecule has 2 heterocycles. The molecule has 0 saturated carbocycles. The van der Waals surface area contributed by atoms with Crippen LogP contribution < -0.4 is 10.6 Å². The first kappa shape index (κ1) is 13.0. The predicted octanol–water partition coefficient (Wildman–Crippen LogP) is 2.11. The third kappa shape index (κ3) is 2.53. The molecule has 1 aromatic rings. The summed E-state index contributed by atoms with van der Waals surface area (Å²) < 4.78 is 0. The van der Waals surface area contributed by atoms with Crippen LogP contribution in [0, 0.1) is 12.3 Å². The molecule has 2 rings (SSSR count). The first-order valence-corrected chi connectivity index (χ1v) is 6.61. The molecule has 1 aliphatic rings. The minimum atomic E-state index is -0.232. The third-order valence-electron chi connectivity index (χ3n) is 3.72. The van der Waals surface area contributed by atoms with Crippen molar-refractivity contribution in [1.29, 1.82) is 0 Å². The first-order chi connectivity index (χ1) is 8.68. The normalized spacial score (nSPS) is 23.0. The van der Waals surface area contributed by atoms with Crippen LogP contribution in [0.3, 0.4) is 0 Å². The summed E-state index contributed by atoms with van der Waals surface area (Å²) in [5.74, 6) is 0.142. The molecule has 1 aromatic heterocycles. The monoisotopic (exact) mass is 247 g/mol. The molecule has 1 aliphatic heterocycles. The van der Waals surface area contributed by atoms with Crippen molar-refractivity contribution in [2.24, 2.45) is 5.41 Å². The topological polar surface area (TPSA) is 54.0 Å². The van der Waals surface area contributed by atoms with E-state index in [-0.39, 0.29) is 11.3 Å². The number of carbonyl (C=O) groups excluding carboxylic acids is 1. The van der Waals surface area contributed by atoms with Gasteiger partial charge >= 0.3 is 0 Å². The largest absolute Gasteiger partial charge is 0.325 e. The Morgan fingerprint density at radius 3 is 3.06 bits per heavy atom. The van der Waals surface area contributed by atoms with Gasteiger partial charge < -0.3 is 10.6 Å². The van der Waals surface area contributed by atoms with Gasteiger partial charge in [0.05, 0.1) is 5.41 Å². The van der Waals surface area contributed by atoms with Crippen molar-refractivity contribution < 1.29 is 4.79 Å². The smallest absolute Gasteiger partial charge is 0.231 e. The lowest BCUT2D eigenvalue weighted by molar-refractivity contribution is -0.125. The van der Waals surface area contributed by atoms with Crippen LogP contribution in [-0.2, 0) is 4.79 Å². The van der Waals surface area contributed by atoms with Gasteiger partial charge in [-0.3, -0.25) is 9.78 Å². The standard InChI is InChI=1S/C14H21N3O/c1-3-5-14(6-8-16-10-14)13(18)17-12-4-7-15-9-11(12)2/h4,7,9,16H,3,5-6,8,10H2,1-2H3,(H,15,17,18). The fourth-order valence-electron chi connectivity index (χ4n) is 2.61. The number of pyridine rings is 1. The fourth-order valence-corrected chi connectivity index (χ4v) is 2.61. The fraction of sp³-hybridized carbons (Fsp3) is 0.571. The summed E-state index contributed by atoms with van der Waals surface area (Å²) in [7, 11) is 0. The van der Waals surface area contributed by atoms with E-state index in [1.54, 1.807) is 12.4 Å². The molecule has 18 heavy (non-hydrogen) atoms. The van der Waals surface area contributed by atoms with Gasteiger partial charge in [-0.25, -0.2) is 0 Å². The van der Waals surface area contributed by atoms with Crippen molar-refractivity contribution in [2.75, 3.05) is 18.4 Å². The van der Waals surface area contributed by atoms with Crippen LogP contribution in [0.5, 0.6) is 0 Å². The Hall–Kier alpha value is -1.42. The SMILES string of the molecule is CCCC1(C(=O)Nc2ccncc2C)CCNC1. The lowest BCUT2D eigenvalue weighted by Gasteiger charge is -2.26. The van der Waals surface area contributed by atoms with E-state index in [4.69, 9.17) is 0 Å². The van der Waals surface area contributed by atoms with Gasteiger partial charge in [-0.2, -0.15) is 0 Å². The maximum atomic E-state index is 12.5. The number of nitrogens with zero attached hydrogens (tertiary/aromatic N) is 1. The zero-order valence-corrected chi connectivity index (χ0v) is 11.1. The Morgan fingerprint density at radius 1 is 1.61 bits per heavy atom. The molecule has 0 aromatic carbocycles. The molecule has 1 saturated heterocycles. The van der Waals surface area contributed by atoms with E-state index in [1.165, 1.54) is 0 Å². The summed E-state index contributed by atoms with van der Waals surface area (Å²) >= 11 is 0. The van der Waals surface area contributed by atoms with Crippen LogP contribution >= 0.6 is 0 Å². The predicted molar refractivity (Wildman–Crippen MR) is 72.4 cm³/mol. The van der Waals surface area contributed by atoms with Crippen molar-refractivity contribution >= 4 is 11.6 Å². The van der Waals surface area contributed by atoms with Gasteiger partial charge in [-0.05, 0) is 37.9 Å². The lowest BCUT2D eigenvalue weighted by Crippen LogP contribution is -2.38. The van der Waals surface area contributed by atoms with Gasteiger partial charge in [0.2, 0.25) is 5.91 Å². The van der Waals surface area contributed by atoms with Gasteiger partial charge in [-0.1, -0.05) is 13.3 Å². The van der Waals surface area contributed by atoms with Gasteiger partial charge in [0, 0.05) is 24.6 Å². The van der Waals surface area contributed by atoms with E-state index >= 15 is 0 Å². The summed E-state index contributed by atoms with van der Waals surface area (Å²) in [6.45, 7) is 5.81. The van der Waals surface area contributed by atoms with Gasteiger partial charge in [0.15, 0.2) is 0 Å². The van der Waals surface area contributed by atoms with E-state index in [2.05, 4.69) is 22.5 Å². The second kappa shape index (κ2) is 5.48. The summed E-state index contributed by atoms with van der Waals surface area (Å²) in [4.78, 5) is 16.5. The van der Waals surface area contributed by atoms with Gasteiger partial charge in [0.25, 0.3) is 0 Å². The molecule has 4 nitrogen and oxygen atoms in total. The van der Waals surface area contributed by atoms with Crippen molar-refractivity contribution in [3.05, 3.63) is 24.0 Å². The zero-order chi connectivity index (χ0) is 13.0. The molecule has 0 bridgehead atoms. The molecule has 1 amide bonds. The number of amides is 1. The third-order valence-corrected chi connectivity index (χ3v) is 3.72. The van der Waals surface area contributed by atoms with Crippen LogP contribution in [0.25, 0.3) is 0 Å². The molecule has 2 N–H and O–H groups in total. The van der Waals surface area contributed by atoms with Crippen LogP contribution in [-0.4, -0.2) is 24.0 Å². The summed E-state index contributed by atoms with van der Waals surface area (Å²) in [5, 5.41) is 6.36. The maximum absolute atomic E-state index is 12.5. The summed E-state index contributed by atoms with van der Waals surface area (Å²) in [6, 6.07) is 1.86. The Balaban J connectivity index is 2.13. The number of anilines is 1. The highest BCUT2D eigenvalue weighted by atomic mass is 16.2. The average molecular weight is 247 g/mol. The molecule has 0 spiro atoms. The Kier molecular flexibility index (Phi) is 3.97. The van der Waals surface area contributed by atoms with Crippen molar-refractivity contribution in [3.8, 4) is 0 Å². The van der Waals surface area contributed by atoms with E-state index in [0.29, 0.717) is 0 Å². The van der Waals surface area contributed by atoms with Crippen molar-refractivity contribution in [1.82, 2.24) is 10.3 Å². The lowest BCUT2D eigenvalue weighted by atomic mass is 9.81. The van der Waals surface area contributed by atoms with Crippen LogP contribution in [0.4, 0.5) is 5.69 Å². The molecule has 98 valence electrons. The molecule has 0 aliphatic carbocycles. The molecular formula is C14H21N3O. The molecule has 1 atom stereocenters. The minimum Gasteiger partial charge on any atom is -0.325 e. The van der Waals surface area contributed by atoms with E-state index in [0.717, 1.165) is 43.6 Å². The molecule has 4 heteroatoms. The Labute approximate surface area is 108 Å². The summed E-state index contributed by atoms with van der Waals surface area (Å²) in [5.41, 5.74) is 1.64. The van der Waals surface area contributed by atoms with Crippen LogP contribution in [0.15, 0.2) is 18.5 Å². The quantitative estimate of drug-likeness (QED) is 0.856. The number of carbonyl (C=O) groups is 1. The number of rotatable bonds is 4. The second-order valence-corrected chi connectivity index (χ2v) is 5.10. The Bertz CT molecular complexity index is 425. The maximum Gasteiger partial charge on any atom is 0.231 e. The first-order valence-electron chi connectivity index (χ1n) is 6.61. The Morgan fingerprint density at radius 2 is 2.44 bits per heavy atom. The molecule has 1 unspecified atom stereocenters. The molecular weight excluding hydrogens is 226 g/mol. The molecule has 1 fully saturated rings. The zero-order valence-electron chi connectivity index (χ0n) is 11.1. The van der Waals surface area contributed by atoms with Crippen LogP contribution in [0.1, 0.15) is 31.7 Å². The number of aromatic nitrogens is 1. The van der Waals surface area contributed by atoms with E-state index in [9.17, 15) is 4.79 Å². The minimum absolute atomic E-state index is 0.142.